The summed E-state index contributed by atoms with van der Waals surface area (Å²) >= 11 is 0. The lowest BCUT2D eigenvalue weighted by Crippen LogP contribution is -2.31. The third-order valence-corrected chi connectivity index (χ3v) is 3.20. The Morgan fingerprint density at radius 1 is 1.11 bits per heavy atom. The maximum atomic E-state index is 12.5. The quantitative estimate of drug-likeness (QED) is 0.855. The topological polar surface area (TPSA) is 34.0 Å². The zero-order valence-corrected chi connectivity index (χ0v) is 13.2. The Morgan fingerprint density at radius 2 is 1.74 bits per heavy atom. The molecule has 1 heterocycles. The fourth-order valence-corrected chi connectivity index (χ4v) is 2.24. The summed E-state index contributed by atoms with van der Waals surface area (Å²) < 4.78 is 1.93. The predicted octanol–water partition coefficient (Wildman–Crippen LogP) is 3.30. The van der Waals surface area contributed by atoms with Crippen molar-refractivity contribution in [2.24, 2.45) is 5.92 Å². The van der Waals surface area contributed by atoms with E-state index in [2.05, 4.69) is 52.9 Å². The third-order valence-electron chi connectivity index (χ3n) is 3.20. The Hall–Kier alpha value is -1.09. The maximum absolute atomic E-state index is 12.5. The van der Waals surface area contributed by atoms with Gasteiger partial charge in [0, 0.05) is 23.8 Å². The van der Waals surface area contributed by atoms with Crippen LogP contribution in [0.2, 0.25) is 0 Å². The average Bonchev–Trinajstić information content (AvgIpc) is 2.29. The number of nitrogens with zero attached hydrogens (tertiary/aromatic N) is 1. The molecular formula is C16H28N2O. The Kier molecular flexibility index (Phi) is 5.80. The lowest BCUT2D eigenvalue weighted by molar-refractivity contribution is 0.517. The molecule has 1 N–H and O–H groups in total. The molecule has 0 amide bonds. The number of rotatable bonds is 6. The number of hydrogen-bond acceptors (Lipinski definition) is 2. The predicted molar refractivity (Wildman–Crippen MR) is 81.7 cm³/mol. The molecule has 0 bridgehead atoms. The fourth-order valence-electron chi connectivity index (χ4n) is 2.24. The van der Waals surface area contributed by atoms with E-state index in [0.717, 1.165) is 17.8 Å². The summed E-state index contributed by atoms with van der Waals surface area (Å²) in [5.41, 5.74) is 2.13. The van der Waals surface area contributed by atoms with Gasteiger partial charge in [-0.1, -0.05) is 33.8 Å². The second kappa shape index (κ2) is 6.90. The second-order valence-electron chi connectivity index (χ2n) is 6.23. The average molecular weight is 264 g/mol. The normalized spacial score (nSPS) is 11.8. The molecular weight excluding hydrogens is 236 g/mol. The van der Waals surface area contributed by atoms with Crippen LogP contribution in [0.1, 0.15) is 64.8 Å². The van der Waals surface area contributed by atoms with Crippen molar-refractivity contribution in [1.29, 1.82) is 0 Å². The summed E-state index contributed by atoms with van der Waals surface area (Å²) in [7, 11) is 0. The van der Waals surface area contributed by atoms with E-state index in [1.54, 1.807) is 0 Å². The Morgan fingerprint density at radius 3 is 2.21 bits per heavy atom. The second-order valence-corrected chi connectivity index (χ2v) is 6.23. The van der Waals surface area contributed by atoms with Crippen LogP contribution in [0, 0.1) is 5.92 Å². The summed E-state index contributed by atoms with van der Waals surface area (Å²) in [5, 5.41) is 3.34. The number of nitrogens with one attached hydrogen (secondary N) is 1. The highest BCUT2D eigenvalue weighted by atomic mass is 16.1. The Bertz CT molecular complexity index is 458. The molecule has 0 fully saturated rings. The van der Waals surface area contributed by atoms with Gasteiger partial charge in [0.05, 0.1) is 0 Å². The molecule has 3 heteroatoms. The van der Waals surface area contributed by atoms with E-state index < -0.39 is 0 Å². The molecule has 0 aromatic carbocycles. The largest absolute Gasteiger partial charge is 0.312 e. The molecule has 0 aliphatic heterocycles. The molecule has 0 aliphatic rings. The van der Waals surface area contributed by atoms with E-state index in [0.29, 0.717) is 18.4 Å². The summed E-state index contributed by atoms with van der Waals surface area (Å²) in [5.74, 6) is 0.968. The van der Waals surface area contributed by atoms with Crippen molar-refractivity contribution in [3.63, 3.8) is 0 Å². The van der Waals surface area contributed by atoms with Crippen LogP contribution in [-0.2, 0) is 6.54 Å². The van der Waals surface area contributed by atoms with Crippen LogP contribution in [0.25, 0.3) is 0 Å². The monoisotopic (exact) mass is 264 g/mol. The van der Waals surface area contributed by atoms with Gasteiger partial charge in [-0.3, -0.25) is 4.79 Å². The van der Waals surface area contributed by atoms with Gasteiger partial charge in [-0.25, -0.2) is 0 Å². The van der Waals surface area contributed by atoms with E-state index >= 15 is 0 Å². The molecule has 0 saturated heterocycles. The number of aromatic nitrogens is 1. The van der Waals surface area contributed by atoms with Crippen molar-refractivity contribution < 1.29 is 0 Å². The summed E-state index contributed by atoms with van der Waals surface area (Å²) in [4.78, 5) is 12.5. The molecule has 0 radical (unpaired) electrons. The lowest BCUT2D eigenvalue weighted by Gasteiger charge is -2.20. The summed E-state index contributed by atoms with van der Waals surface area (Å²) in [6.07, 6.45) is 0. The van der Waals surface area contributed by atoms with Crippen molar-refractivity contribution in [2.75, 3.05) is 6.54 Å². The van der Waals surface area contributed by atoms with E-state index in [-0.39, 0.29) is 11.6 Å². The number of hydrogen-bond donors (Lipinski definition) is 1. The van der Waals surface area contributed by atoms with Crippen molar-refractivity contribution >= 4 is 0 Å². The SMILES string of the molecule is CC(C)CNCc1ccc(C(C)C)n(C(C)C)c1=O. The van der Waals surface area contributed by atoms with Crippen LogP contribution in [0.4, 0.5) is 0 Å². The van der Waals surface area contributed by atoms with Crippen molar-refractivity contribution in [3.05, 3.63) is 33.7 Å². The first-order chi connectivity index (χ1) is 8.84. The van der Waals surface area contributed by atoms with Gasteiger partial charge in [-0.05, 0) is 38.3 Å². The van der Waals surface area contributed by atoms with Crippen molar-refractivity contribution in [1.82, 2.24) is 9.88 Å². The van der Waals surface area contributed by atoms with Crippen LogP contribution in [0.3, 0.4) is 0 Å². The lowest BCUT2D eigenvalue weighted by atomic mass is 10.1. The molecule has 0 aliphatic carbocycles. The van der Waals surface area contributed by atoms with Gasteiger partial charge < -0.3 is 9.88 Å². The zero-order valence-electron chi connectivity index (χ0n) is 13.2. The van der Waals surface area contributed by atoms with Gasteiger partial charge in [-0.15, -0.1) is 0 Å². The molecule has 0 saturated carbocycles. The molecule has 0 atom stereocenters. The number of pyridine rings is 1. The zero-order chi connectivity index (χ0) is 14.6. The highest BCUT2D eigenvalue weighted by molar-refractivity contribution is 5.19. The Balaban J connectivity index is 3.03. The van der Waals surface area contributed by atoms with E-state index in [1.807, 2.05) is 10.6 Å². The van der Waals surface area contributed by atoms with Crippen LogP contribution >= 0.6 is 0 Å². The van der Waals surface area contributed by atoms with E-state index in [4.69, 9.17) is 0 Å². The molecule has 108 valence electrons. The van der Waals surface area contributed by atoms with Crippen LogP contribution < -0.4 is 10.9 Å². The highest BCUT2D eigenvalue weighted by Crippen LogP contribution is 2.16. The van der Waals surface area contributed by atoms with E-state index in [9.17, 15) is 4.79 Å². The first-order valence-electron chi connectivity index (χ1n) is 7.29. The Labute approximate surface area is 117 Å². The minimum absolute atomic E-state index is 0.150. The summed E-state index contributed by atoms with van der Waals surface area (Å²) in [6.45, 7) is 14.3. The molecule has 3 nitrogen and oxygen atoms in total. The van der Waals surface area contributed by atoms with Crippen molar-refractivity contribution in [3.8, 4) is 0 Å². The molecule has 1 rings (SSSR count). The van der Waals surface area contributed by atoms with Gasteiger partial charge in [-0.2, -0.15) is 0 Å². The van der Waals surface area contributed by atoms with Crippen LogP contribution in [0.15, 0.2) is 16.9 Å². The standard InChI is InChI=1S/C16H28N2O/c1-11(2)9-17-10-14-7-8-15(12(3)4)18(13(5)6)16(14)19/h7-8,11-13,17H,9-10H2,1-6H3. The van der Waals surface area contributed by atoms with Gasteiger partial charge in [0.2, 0.25) is 0 Å². The first kappa shape index (κ1) is 16.0. The molecule has 0 spiro atoms. The first-order valence-corrected chi connectivity index (χ1v) is 7.29. The van der Waals surface area contributed by atoms with Crippen LogP contribution in [0.5, 0.6) is 0 Å². The highest BCUT2D eigenvalue weighted by Gasteiger charge is 2.13. The molecule has 1 aromatic rings. The van der Waals surface area contributed by atoms with Gasteiger partial charge in [0.25, 0.3) is 5.56 Å². The van der Waals surface area contributed by atoms with E-state index in [1.165, 1.54) is 0 Å². The summed E-state index contributed by atoms with van der Waals surface area (Å²) in [6, 6.07) is 4.28. The third kappa shape index (κ3) is 4.20. The fraction of sp³-hybridized carbons (Fsp3) is 0.688. The van der Waals surface area contributed by atoms with Crippen LogP contribution in [-0.4, -0.2) is 11.1 Å². The molecule has 19 heavy (non-hydrogen) atoms. The molecule has 0 unspecified atom stereocenters. The van der Waals surface area contributed by atoms with Gasteiger partial charge >= 0.3 is 0 Å². The maximum Gasteiger partial charge on any atom is 0.255 e. The molecule has 1 aromatic heterocycles. The minimum atomic E-state index is 0.150. The van der Waals surface area contributed by atoms with Gasteiger partial charge in [0.15, 0.2) is 0 Å². The van der Waals surface area contributed by atoms with Crippen molar-refractivity contribution in [2.45, 2.75) is 60.0 Å². The smallest absolute Gasteiger partial charge is 0.255 e. The minimum Gasteiger partial charge on any atom is -0.312 e. The van der Waals surface area contributed by atoms with Gasteiger partial charge in [0.1, 0.15) is 0 Å².